The predicted molar refractivity (Wildman–Crippen MR) is 149 cm³/mol. The zero-order valence-corrected chi connectivity index (χ0v) is 23.3. The van der Waals surface area contributed by atoms with Gasteiger partial charge in [-0.05, 0) is 75.4 Å². The third-order valence-corrected chi connectivity index (χ3v) is 6.35. The molecule has 0 aliphatic heterocycles. The van der Waals surface area contributed by atoms with Crippen LogP contribution < -0.4 is 14.2 Å². The van der Waals surface area contributed by atoms with Gasteiger partial charge in [-0.1, -0.05) is 52.4 Å². The number of benzene rings is 2. The summed E-state index contributed by atoms with van der Waals surface area (Å²) < 4.78 is 18.3. The Bertz CT molecular complexity index is 947. The van der Waals surface area contributed by atoms with Gasteiger partial charge in [-0.25, -0.2) is 9.59 Å². The van der Waals surface area contributed by atoms with Crippen LogP contribution in [-0.2, 0) is 6.61 Å². The van der Waals surface area contributed by atoms with Gasteiger partial charge in [0.05, 0.1) is 23.3 Å². The molecule has 0 spiro atoms. The van der Waals surface area contributed by atoms with Crippen LogP contribution in [-0.4, -0.2) is 34.4 Å². The molecule has 0 heterocycles. The van der Waals surface area contributed by atoms with Crippen molar-refractivity contribution >= 4 is 11.9 Å². The summed E-state index contributed by atoms with van der Waals surface area (Å²) in [5, 5.41) is 18.7. The Kier molecular flexibility index (Phi) is 13.5. The fourth-order valence-corrected chi connectivity index (χ4v) is 4.25. The average molecular weight is 529 g/mol. The maximum absolute atomic E-state index is 11.4. The molecular weight excluding hydrogens is 484 g/mol. The van der Waals surface area contributed by atoms with Crippen LogP contribution in [0, 0.1) is 0 Å². The van der Waals surface area contributed by atoms with E-state index < -0.39 is 11.9 Å². The Labute approximate surface area is 227 Å². The summed E-state index contributed by atoms with van der Waals surface area (Å²) >= 11 is 0. The number of unbranched alkanes of at least 4 members (excludes halogenated alkanes) is 6. The Hall–Kier alpha value is -3.22. The molecule has 2 N–H and O–H groups in total. The van der Waals surface area contributed by atoms with Gasteiger partial charge >= 0.3 is 11.9 Å². The molecule has 210 valence electrons. The van der Waals surface area contributed by atoms with Crippen LogP contribution in [0.3, 0.4) is 0 Å². The minimum atomic E-state index is -1.22. The maximum Gasteiger partial charge on any atom is 0.335 e. The molecule has 0 bridgehead atoms. The second kappa shape index (κ2) is 16.6. The molecule has 0 saturated heterocycles. The van der Waals surface area contributed by atoms with E-state index in [-0.39, 0.29) is 35.7 Å². The number of hydrogen-bond acceptors (Lipinski definition) is 5. The first kappa shape index (κ1) is 31.0. The fourth-order valence-electron chi connectivity index (χ4n) is 4.25. The Morgan fingerprint density at radius 3 is 1.55 bits per heavy atom. The topological polar surface area (TPSA) is 102 Å². The average Bonchev–Trinajstić information content (AvgIpc) is 2.87. The molecule has 2 aromatic carbocycles. The quantitative estimate of drug-likeness (QED) is 0.177. The van der Waals surface area contributed by atoms with E-state index in [1.165, 1.54) is 50.7 Å². The molecule has 0 amide bonds. The molecular formula is C31H44O7. The van der Waals surface area contributed by atoms with Gasteiger partial charge in [0.25, 0.3) is 0 Å². The number of carboxylic acids is 2. The third kappa shape index (κ3) is 11.4. The van der Waals surface area contributed by atoms with E-state index >= 15 is 0 Å². The van der Waals surface area contributed by atoms with Gasteiger partial charge in [-0.15, -0.1) is 0 Å². The maximum atomic E-state index is 11.4. The lowest BCUT2D eigenvalue weighted by Crippen LogP contribution is -2.14. The second-order valence-corrected chi connectivity index (χ2v) is 10.0. The molecule has 2 rings (SSSR count). The largest absolute Gasteiger partial charge is 0.491 e. The first-order chi connectivity index (χ1) is 18.2. The smallest absolute Gasteiger partial charge is 0.335 e. The predicted octanol–water partition coefficient (Wildman–Crippen LogP) is 8.14. The third-order valence-electron chi connectivity index (χ3n) is 6.35. The summed E-state index contributed by atoms with van der Waals surface area (Å²) in [6.07, 6.45) is 11.5. The van der Waals surface area contributed by atoms with Crippen molar-refractivity contribution in [1.82, 2.24) is 0 Å². The van der Waals surface area contributed by atoms with Gasteiger partial charge in [0.2, 0.25) is 0 Å². The molecule has 2 atom stereocenters. The van der Waals surface area contributed by atoms with Gasteiger partial charge in [0.1, 0.15) is 23.9 Å². The number of carbonyl (C=O) groups is 2. The zero-order valence-electron chi connectivity index (χ0n) is 23.3. The monoisotopic (exact) mass is 528 g/mol. The first-order valence-electron chi connectivity index (χ1n) is 13.9. The van der Waals surface area contributed by atoms with Gasteiger partial charge in [-0.2, -0.15) is 0 Å². The van der Waals surface area contributed by atoms with E-state index in [2.05, 4.69) is 27.7 Å². The summed E-state index contributed by atoms with van der Waals surface area (Å²) in [6, 6.07) is 9.44. The number of ether oxygens (including phenoxy) is 3. The SMILES string of the molecule is CCCCCC[C@@H](C)Oc1cc(COc2cc(C(=O)O)cc(C(=O)O)c2)cc(O[C@@H](C)CCCCCC)c1. The fraction of sp³-hybridized carbons (Fsp3) is 0.548. The number of carboxylic acid groups (broad SMARTS) is 2. The standard InChI is InChI=1S/C31H44O7/c1-5-7-9-11-13-22(3)37-28-15-24(16-29(20-28)38-23(4)14-12-10-8-6-2)21-36-27-18-25(30(32)33)17-26(19-27)31(34)35/h15-20,22-23H,5-14,21H2,1-4H3,(H,32,33)(H,34,35)/t22-,23+. The highest BCUT2D eigenvalue weighted by Gasteiger charge is 2.14. The Balaban J connectivity index is 2.18. The van der Waals surface area contributed by atoms with Crippen LogP contribution in [0.15, 0.2) is 36.4 Å². The minimum Gasteiger partial charge on any atom is -0.491 e. The lowest BCUT2D eigenvalue weighted by atomic mass is 10.1. The molecule has 0 radical (unpaired) electrons. The van der Waals surface area contributed by atoms with E-state index in [1.54, 1.807) is 0 Å². The highest BCUT2D eigenvalue weighted by atomic mass is 16.5. The number of hydrogen-bond donors (Lipinski definition) is 2. The van der Waals surface area contributed by atoms with Crippen molar-refractivity contribution in [3.63, 3.8) is 0 Å². The highest BCUT2D eigenvalue weighted by Crippen LogP contribution is 2.28. The van der Waals surface area contributed by atoms with Gasteiger partial charge in [0.15, 0.2) is 0 Å². The molecule has 7 heteroatoms. The van der Waals surface area contributed by atoms with E-state index in [9.17, 15) is 19.8 Å². The Morgan fingerprint density at radius 1 is 0.658 bits per heavy atom. The van der Waals surface area contributed by atoms with E-state index in [0.717, 1.165) is 37.3 Å². The molecule has 0 unspecified atom stereocenters. The van der Waals surface area contributed by atoms with Crippen molar-refractivity contribution in [2.45, 2.75) is 111 Å². The van der Waals surface area contributed by atoms with Crippen LogP contribution in [0.5, 0.6) is 17.2 Å². The minimum absolute atomic E-state index is 0.0488. The normalized spacial score (nSPS) is 12.5. The van der Waals surface area contributed by atoms with Crippen molar-refractivity contribution in [3.05, 3.63) is 53.1 Å². The summed E-state index contributed by atoms with van der Waals surface area (Å²) in [4.78, 5) is 22.9. The van der Waals surface area contributed by atoms with Gasteiger partial charge in [-0.3, -0.25) is 0 Å². The summed E-state index contributed by atoms with van der Waals surface area (Å²) in [5.74, 6) is -0.889. The first-order valence-corrected chi connectivity index (χ1v) is 13.9. The molecule has 0 aromatic heterocycles. The van der Waals surface area contributed by atoms with Crippen molar-refractivity contribution in [1.29, 1.82) is 0 Å². The molecule has 0 aliphatic rings. The van der Waals surface area contributed by atoms with Crippen molar-refractivity contribution < 1.29 is 34.0 Å². The second-order valence-electron chi connectivity index (χ2n) is 10.0. The highest BCUT2D eigenvalue weighted by molar-refractivity contribution is 5.94. The summed E-state index contributed by atoms with van der Waals surface area (Å²) in [7, 11) is 0. The molecule has 0 fully saturated rings. The Morgan fingerprint density at radius 2 is 1.13 bits per heavy atom. The van der Waals surface area contributed by atoms with Crippen molar-refractivity contribution in [3.8, 4) is 17.2 Å². The lowest BCUT2D eigenvalue weighted by Gasteiger charge is -2.19. The van der Waals surface area contributed by atoms with E-state index in [4.69, 9.17) is 14.2 Å². The van der Waals surface area contributed by atoms with Crippen LogP contribution in [0.1, 0.15) is 118 Å². The molecule has 7 nitrogen and oxygen atoms in total. The lowest BCUT2D eigenvalue weighted by molar-refractivity contribution is 0.0696. The number of rotatable bonds is 19. The van der Waals surface area contributed by atoms with E-state index in [0.29, 0.717) is 11.5 Å². The van der Waals surface area contributed by atoms with Gasteiger partial charge < -0.3 is 24.4 Å². The molecule has 0 aliphatic carbocycles. The van der Waals surface area contributed by atoms with Gasteiger partial charge in [0, 0.05) is 6.07 Å². The summed E-state index contributed by atoms with van der Waals surface area (Å²) in [6.45, 7) is 8.62. The summed E-state index contributed by atoms with van der Waals surface area (Å²) in [5.41, 5.74) is 0.496. The van der Waals surface area contributed by atoms with Crippen LogP contribution in [0.25, 0.3) is 0 Å². The van der Waals surface area contributed by atoms with Crippen LogP contribution in [0.2, 0.25) is 0 Å². The van der Waals surface area contributed by atoms with E-state index in [1.807, 2.05) is 18.2 Å². The molecule has 0 saturated carbocycles. The van der Waals surface area contributed by atoms with Crippen molar-refractivity contribution in [2.75, 3.05) is 0 Å². The van der Waals surface area contributed by atoms with Crippen molar-refractivity contribution in [2.24, 2.45) is 0 Å². The van der Waals surface area contributed by atoms with Crippen LogP contribution in [0.4, 0.5) is 0 Å². The van der Waals surface area contributed by atoms with Crippen LogP contribution >= 0.6 is 0 Å². The number of aromatic carboxylic acids is 2. The zero-order chi connectivity index (χ0) is 27.9. The molecule has 2 aromatic rings. The molecule has 38 heavy (non-hydrogen) atoms.